The molecule has 0 atom stereocenters. The van der Waals surface area contributed by atoms with E-state index < -0.39 is 0 Å². The van der Waals surface area contributed by atoms with Gasteiger partial charge in [0.15, 0.2) is 5.69 Å². The Kier molecular flexibility index (Phi) is 5.64. The molecule has 0 N–H and O–H groups in total. The second-order valence-electron chi connectivity index (χ2n) is 12.3. The first-order valence-electron chi connectivity index (χ1n) is 16.0. The number of aromatic nitrogens is 1. The van der Waals surface area contributed by atoms with Crippen LogP contribution in [-0.2, 0) is 0 Å². The highest BCUT2D eigenvalue weighted by atomic mass is 16.3. The maximum Gasteiger partial charge on any atom is 0.187 e. The summed E-state index contributed by atoms with van der Waals surface area (Å²) in [7, 11) is 0. The van der Waals surface area contributed by atoms with Gasteiger partial charge in [-0.25, -0.2) is 4.85 Å². The van der Waals surface area contributed by atoms with Gasteiger partial charge in [0, 0.05) is 32.5 Å². The third kappa shape index (κ3) is 3.91. The molecular weight excluding hydrogens is 603 g/mol. The zero-order valence-corrected chi connectivity index (χ0v) is 25.9. The van der Waals surface area contributed by atoms with E-state index in [1.54, 1.807) is 0 Å². The molecule has 5 heteroatoms. The molecule has 0 unspecified atom stereocenters. The maximum absolute atomic E-state index is 10.4. The van der Waals surface area contributed by atoms with Gasteiger partial charge in [0.1, 0.15) is 28.4 Å². The zero-order valence-electron chi connectivity index (χ0n) is 25.9. The maximum atomic E-state index is 10.4. The topological polar surface area (TPSA) is 59.4 Å². The third-order valence-corrected chi connectivity index (χ3v) is 9.65. The lowest BCUT2D eigenvalue weighted by Gasteiger charge is -2.16. The Balaban J connectivity index is 1.22. The van der Waals surface area contributed by atoms with Crippen LogP contribution in [0.15, 0.2) is 148 Å². The summed E-state index contributed by atoms with van der Waals surface area (Å²) in [4.78, 5) is 3.61. The molecule has 0 saturated heterocycles. The van der Waals surface area contributed by atoms with Crippen molar-refractivity contribution in [2.24, 2.45) is 0 Å². The summed E-state index contributed by atoms with van der Waals surface area (Å²) in [6.07, 6.45) is 0. The van der Waals surface area contributed by atoms with Crippen LogP contribution in [0, 0.1) is 17.9 Å². The van der Waals surface area contributed by atoms with E-state index in [1.165, 1.54) is 0 Å². The van der Waals surface area contributed by atoms with Gasteiger partial charge in [0.05, 0.1) is 34.2 Å². The number of nitriles is 1. The van der Waals surface area contributed by atoms with Crippen LogP contribution in [0.25, 0.3) is 98.5 Å². The first-order chi connectivity index (χ1) is 24.2. The van der Waals surface area contributed by atoms with Crippen molar-refractivity contribution in [3.63, 3.8) is 0 Å². The van der Waals surface area contributed by atoms with Crippen molar-refractivity contribution >= 4 is 71.4 Å². The predicted molar refractivity (Wildman–Crippen MR) is 197 cm³/mol. The summed E-state index contributed by atoms with van der Waals surface area (Å²) in [5, 5.41) is 16.6. The summed E-state index contributed by atoms with van der Waals surface area (Å²) in [6, 6.07) is 49.3. The van der Waals surface area contributed by atoms with Gasteiger partial charge in [-0.1, -0.05) is 78.9 Å². The molecule has 0 aliphatic rings. The zero-order chi connectivity index (χ0) is 32.6. The Morgan fingerprint density at radius 3 is 2.00 bits per heavy atom. The lowest BCUT2D eigenvalue weighted by Crippen LogP contribution is -2.00. The molecule has 10 aromatic rings. The van der Waals surface area contributed by atoms with Crippen LogP contribution in [-0.4, -0.2) is 4.57 Å². The highest BCUT2D eigenvalue weighted by Crippen LogP contribution is 2.43. The van der Waals surface area contributed by atoms with Gasteiger partial charge in [-0.05, 0) is 77.4 Å². The molecular formula is C44H23N3O2. The molecule has 5 nitrogen and oxygen atoms in total. The van der Waals surface area contributed by atoms with E-state index >= 15 is 0 Å². The fraction of sp³-hybridized carbons (Fsp3) is 0. The van der Waals surface area contributed by atoms with E-state index in [-0.39, 0.29) is 0 Å². The number of rotatable bonds is 3. The largest absolute Gasteiger partial charge is 0.456 e. The molecule has 7 aromatic carbocycles. The van der Waals surface area contributed by atoms with E-state index in [4.69, 9.17) is 15.4 Å². The van der Waals surface area contributed by atoms with Crippen molar-refractivity contribution in [2.45, 2.75) is 0 Å². The smallest absolute Gasteiger partial charge is 0.187 e. The fourth-order valence-corrected chi connectivity index (χ4v) is 7.47. The van der Waals surface area contributed by atoms with Crippen molar-refractivity contribution in [2.75, 3.05) is 0 Å². The minimum atomic E-state index is 0.596. The van der Waals surface area contributed by atoms with Crippen LogP contribution in [0.3, 0.4) is 0 Å². The minimum absolute atomic E-state index is 0.596. The van der Waals surface area contributed by atoms with Crippen LogP contribution in [0.1, 0.15) is 5.56 Å². The second-order valence-corrected chi connectivity index (χ2v) is 12.3. The number of hydrogen-bond acceptors (Lipinski definition) is 3. The molecule has 0 saturated carbocycles. The van der Waals surface area contributed by atoms with Gasteiger partial charge in [-0.15, -0.1) is 0 Å². The van der Waals surface area contributed by atoms with Crippen LogP contribution in [0.5, 0.6) is 0 Å². The number of benzene rings is 7. The number of furan rings is 2. The average Bonchev–Trinajstić information content (AvgIpc) is 3.83. The van der Waals surface area contributed by atoms with Crippen LogP contribution in [0.4, 0.5) is 5.69 Å². The van der Waals surface area contributed by atoms with Gasteiger partial charge >= 0.3 is 0 Å². The van der Waals surface area contributed by atoms with Crippen molar-refractivity contribution in [3.05, 3.63) is 157 Å². The van der Waals surface area contributed by atoms with Gasteiger partial charge < -0.3 is 13.4 Å². The Bertz CT molecular complexity index is 3030. The quantitative estimate of drug-likeness (QED) is 0.184. The number of fused-ring (bicyclic) bond motifs is 10. The fourth-order valence-electron chi connectivity index (χ4n) is 7.47. The number of para-hydroxylation sites is 3. The van der Waals surface area contributed by atoms with E-state index in [1.807, 2.05) is 72.8 Å². The molecule has 0 amide bonds. The molecule has 49 heavy (non-hydrogen) atoms. The highest BCUT2D eigenvalue weighted by Gasteiger charge is 2.21. The van der Waals surface area contributed by atoms with Gasteiger partial charge in [0.25, 0.3) is 0 Å². The van der Waals surface area contributed by atoms with E-state index in [9.17, 15) is 5.26 Å². The summed E-state index contributed by atoms with van der Waals surface area (Å²) in [6.45, 7) is 7.43. The lowest BCUT2D eigenvalue weighted by molar-refractivity contribution is 0.663. The monoisotopic (exact) mass is 625 g/mol. The lowest BCUT2D eigenvalue weighted by atomic mass is 9.97. The molecule has 0 spiro atoms. The Morgan fingerprint density at radius 1 is 0.551 bits per heavy atom. The average molecular weight is 626 g/mol. The highest BCUT2D eigenvalue weighted by molar-refractivity contribution is 6.22. The normalized spacial score (nSPS) is 11.6. The number of nitrogens with zero attached hydrogens (tertiary/aromatic N) is 3. The molecule has 0 aliphatic heterocycles. The standard InChI is InChI=1S/C44H23N3O2/c1-46-30-10-6-8-26(22-30)27-16-19-39-35(23-27)34-18-21-41-42(44(34)49-39)36-24-28(17-20-40(36)48-41)31-13-7-9-29(25-45)43(31)47-37-14-4-2-11-32(37)33-12-3-5-15-38(33)47/h2-24H. The van der Waals surface area contributed by atoms with E-state index in [0.29, 0.717) is 11.3 Å². The minimum Gasteiger partial charge on any atom is -0.456 e. The van der Waals surface area contributed by atoms with E-state index in [2.05, 4.69) is 82.2 Å². The van der Waals surface area contributed by atoms with Crippen molar-refractivity contribution < 1.29 is 8.83 Å². The number of hydrogen-bond donors (Lipinski definition) is 0. The Labute approximate surface area is 279 Å². The van der Waals surface area contributed by atoms with Crippen LogP contribution in [0.2, 0.25) is 0 Å². The van der Waals surface area contributed by atoms with Gasteiger partial charge in [0.2, 0.25) is 0 Å². The predicted octanol–water partition coefficient (Wildman–Crippen LogP) is 12.3. The molecule has 3 heterocycles. The molecule has 0 fully saturated rings. The molecule has 3 aromatic heterocycles. The van der Waals surface area contributed by atoms with Gasteiger partial charge in [-0.2, -0.15) is 5.26 Å². The van der Waals surface area contributed by atoms with Crippen molar-refractivity contribution in [1.29, 1.82) is 5.26 Å². The molecule has 226 valence electrons. The first kappa shape index (κ1) is 27.1. The molecule has 0 bridgehead atoms. The van der Waals surface area contributed by atoms with Crippen LogP contribution < -0.4 is 0 Å². The van der Waals surface area contributed by atoms with Crippen LogP contribution >= 0.6 is 0 Å². The summed E-state index contributed by atoms with van der Waals surface area (Å²) in [5.74, 6) is 0. The summed E-state index contributed by atoms with van der Waals surface area (Å²) >= 11 is 0. The van der Waals surface area contributed by atoms with E-state index in [0.717, 1.165) is 93.6 Å². The first-order valence-corrected chi connectivity index (χ1v) is 16.0. The second kappa shape index (κ2) is 10.2. The summed E-state index contributed by atoms with van der Waals surface area (Å²) < 4.78 is 15.2. The van der Waals surface area contributed by atoms with Gasteiger partial charge in [-0.3, -0.25) is 0 Å². The molecule has 0 aliphatic carbocycles. The summed E-state index contributed by atoms with van der Waals surface area (Å²) in [5.41, 5.74) is 11.1. The Morgan fingerprint density at radius 2 is 1.22 bits per heavy atom. The molecule has 0 radical (unpaired) electrons. The SMILES string of the molecule is [C-]#[N+]c1cccc(-c2ccc3oc4c(ccc5oc6ccc(-c7cccc(C#N)c7-n7c8ccccc8c8ccccc87)cc6c54)c3c2)c1. The molecule has 10 rings (SSSR count). The van der Waals surface area contributed by atoms with Crippen molar-refractivity contribution in [1.82, 2.24) is 4.57 Å². The van der Waals surface area contributed by atoms with Crippen molar-refractivity contribution in [3.8, 4) is 34.0 Å². The third-order valence-electron chi connectivity index (χ3n) is 9.65. The Hall–Kier alpha value is -7.08.